The fraction of sp³-hybridized carbons (Fsp3) is 0.824. The molecule has 0 aromatic heterocycles. The molecule has 7 nitrogen and oxygen atoms in total. The van der Waals surface area contributed by atoms with Crippen molar-refractivity contribution in [2.24, 2.45) is 11.7 Å². The second-order valence-electron chi connectivity index (χ2n) is 6.70. The molecule has 2 fully saturated rings. The third-order valence-corrected chi connectivity index (χ3v) is 4.87. The van der Waals surface area contributed by atoms with Crippen LogP contribution in [0.1, 0.15) is 45.4 Å². The van der Waals surface area contributed by atoms with Crippen molar-refractivity contribution >= 4 is 17.7 Å². The normalized spacial score (nSPS) is 24.1. The number of piperidine rings is 1. The summed E-state index contributed by atoms with van der Waals surface area (Å²) in [5.41, 5.74) is 5.42. The van der Waals surface area contributed by atoms with E-state index in [1.54, 1.807) is 9.80 Å². The Kier molecular flexibility index (Phi) is 7.02. The van der Waals surface area contributed by atoms with E-state index in [0.717, 1.165) is 32.1 Å². The molecule has 7 heteroatoms. The van der Waals surface area contributed by atoms with Crippen LogP contribution in [0.4, 0.5) is 0 Å². The van der Waals surface area contributed by atoms with Crippen LogP contribution in [0.2, 0.25) is 0 Å². The first-order chi connectivity index (χ1) is 11.6. The lowest BCUT2D eigenvalue weighted by Gasteiger charge is -2.35. The van der Waals surface area contributed by atoms with Crippen LogP contribution < -0.4 is 11.1 Å². The predicted molar refractivity (Wildman–Crippen MR) is 91.0 cm³/mol. The number of amides is 3. The van der Waals surface area contributed by atoms with Crippen molar-refractivity contribution in [1.82, 2.24) is 15.1 Å². The van der Waals surface area contributed by atoms with Crippen LogP contribution in [-0.2, 0) is 14.4 Å². The van der Waals surface area contributed by atoms with Crippen molar-refractivity contribution in [3.63, 3.8) is 0 Å². The molecule has 2 atom stereocenters. The first kappa shape index (κ1) is 18.7. The van der Waals surface area contributed by atoms with Crippen LogP contribution in [0, 0.1) is 5.92 Å². The summed E-state index contributed by atoms with van der Waals surface area (Å²) >= 11 is 0. The molecule has 2 rings (SSSR count). The van der Waals surface area contributed by atoms with Gasteiger partial charge >= 0.3 is 0 Å². The number of likely N-dealkylation sites (tertiary alicyclic amines) is 2. The van der Waals surface area contributed by atoms with Gasteiger partial charge in [-0.25, -0.2) is 0 Å². The SMILES string of the molecule is CCCC(=O)N1CCCC1C(=O)N1CCCC(C(=O)NCCN)C1. The lowest BCUT2D eigenvalue weighted by Crippen LogP contribution is -2.52. The number of nitrogens with two attached hydrogens (primary N) is 1. The Morgan fingerprint density at radius 3 is 2.62 bits per heavy atom. The van der Waals surface area contributed by atoms with E-state index in [0.29, 0.717) is 39.1 Å². The monoisotopic (exact) mass is 338 g/mol. The fourth-order valence-electron chi connectivity index (χ4n) is 3.62. The molecule has 2 aliphatic rings. The summed E-state index contributed by atoms with van der Waals surface area (Å²) in [5.74, 6) is -0.116. The van der Waals surface area contributed by atoms with E-state index in [-0.39, 0.29) is 29.7 Å². The van der Waals surface area contributed by atoms with Crippen LogP contribution in [0.25, 0.3) is 0 Å². The number of hydrogen-bond acceptors (Lipinski definition) is 4. The number of nitrogens with zero attached hydrogens (tertiary/aromatic N) is 2. The molecular weight excluding hydrogens is 308 g/mol. The quantitative estimate of drug-likeness (QED) is 0.717. The van der Waals surface area contributed by atoms with Crippen LogP contribution in [0.3, 0.4) is 0 Å². The van der Waals surface area contributed by atoms with Crippen LogP contribution >= 0.6 is 0 Å². The molecule has 3 amide bonds. The fourth-order valence-corrected chi connectivity index (χ4v) is 3.62. The first-order valence-electron chi connectivity index (χ1n) is 9.14. The molecule has 0 bridgehead atoms. The lowest BCUT2D eigenvalue weighted by atomic mass is 9.96. The maximum Gasteiger partial charge on any atom is 0.245 e. The van der Waals surface area contributed by atoms with Gasteiger partial charge in [0.15, 0.2) is 0 Å². The maximum atomic E-state index is 12.9. The van der Waals surface area contributed by atoms with Crippen LogP contribution in [-0.4, -0.2) is 66.3 Å². The molecule has 24 heavy (non-hydrogen) atoms. The molecule has 0 radical (unpaired) electrons. The van der Waals surface area contributed by atoms with Gasteiger partial charge in [-0.1, -0.05) is 6.92 Å². The summed E-state index contributed by atoms with van der Waals surface area (Å²) in [6.45, 7) is 4.64. The molecule has 2 unspecified atom stereocenters. The van der Waals surface area contributed by atoms with Crippen molar-refractivity contribution in [3.8, 4) is 0 Å². The predicted octanol–water partition coefficient (Wildman–Crippen LogP) is 0.0910. The van der Waals surface area contributed by atoms with E-state index < -0.39 is 0 Å². The van der Waals surface area contributed by atoms with Gasteiger partial charge in [-0.2, -0.15) is 0 Å². The zero-order valence-corrected chi connectivity index (χ0v) is 14.6. The highest BCUT2D eigenvalue weighted by Gasteiger charge is 2.38. The Labute approximate surface area is 143 Å². The number of rotatable bonds is 6. The molecule has 136 valence electrons. The molecule has 0 saturated carbocycles. The summed E-state index contributed by atoms with van der Waals surface area (Å²) < 4.78 is 0. The Hall–Kier alpha value is -1.63. The van der Waals surface area contributed by atoms with E-state index in [4.69, 9.17) is 5.73 Å². The highest BCUT2D eigenvalue weighted by atomic mass is 16.2. The highest BCUT2D eigenvalue weighted by molar-refractivity contribution is 5.89. The number of carbonyl (C=O) groups is 3. The Bertz CT molecular complexity index is 469. The van der Waals surface area contributed by atoms with Gasteiger partial charge in [-0.15, -0.1) is 0 Å². The topological polar surface area (TPSA) is 95.7 Å². The zero-order chi connectivity index (χ0) is 17.5. The molecular formula is C17H30N4O3. The Balaban J connectivity index is 1.95. The molecule has 2 aliphatic heterocycles. The van der Waals surface area contributed by atoms with Crippen molar-refractivity contribution in [1.29, 1.82) is 0 Å². The summed E-state index contributed by atoms with van der Waals surface area (Å²) in [6.07, 6.45) is 4.51. The molecule has 3 N–H and O–H groups in total. The van der Waals surface area contributed by atoms with Gasteiger partial charge in [0, 0.05) is 39.1 Å². The standard InChI is InChI=1S/C17H30N4O3/c1-2-5-15(22)21-11-4-7-14(21)17(24)20-10-3-6-13(12-20)16(23)19-9-8-18/h13-14H,2-12,18H2,1H3,(H,19,23). The summed E-state index contributed by atoms with van der Waals surface area (Å²) in [7, 11) is 0. The van der Waals surface area contributed by atoms with Crippen molar-refractivity contribution in [2.45, 2.75) is 51.5 Å². The molecule has 2 heterocycles. The van der Waals surface area contributed by atoms with Crippen molar-refractivity contribution in [3.05, 3.63) is 0 Å². The summed E-state index contributed by atoms with van der Waals surface area (Å²) in [5, 5.41) is 2.81. The minimum absolute atomic E-state index is 0.00766. The molecule has 0 aromatic rings. The highest BCUT2D eigenvalue weighted by Crippen LogP contribution is 2.24. The van der Waals surface area contributed by atoms with Gasteiger partial charge in [0.1, 0.15) is 6.04 Å². The average Bonchev–Trinajstić information content (AvgIpc) is 3.09. The maximum absolute atomic E-state index is 12.9. The van der Waals surface area contributed by atoms with E-state index in [1.807, 2.05) is 6.92 Å². The smallest absolute Gasteiger partial charge is 0.245 e. The van der Waals surface area contributed by atoms with Gasteiger partial charge in [-0.3, -0.25) is 14.4 Å². The van der Waals surface area contributed by atoms with Crippen LogP contribution in [0.15, 0.2) is 0 Å². The largest absolute Gasteiger partial charge is 0.355 e. The molecule has 0 aliphatic carbocycles. The Morgan fingerprint density at radius 1 is 1.17 bits per heavy atom. The second-order valence-corrected chi connectivity index (χ2v) is 6.70. The second kappa shape index (κ2) is 9.01. The number of hydrogen-bond donors (Lipinski definition) is 2. The van der Waals surface area contributed by atoms with Crippen molar-refractivity contribution < 1.29 is 14.4 Å². The van der Waals surface area contributed by atoms with Crippen LogP contribution in [0.5, 0.6) is 0 Å². The lowest BCUT2D eigenvalue weighted by molar-refractivity contribution is -0.146. The van der Waals surface area contributed by atoms with E-state index in [9.17, 15) is 14.4 Å². The summed E-state index contributed by atoms with van der Waals surface area (Å²) in [4.78, 5) is 40.7. The van der Waals surface area contributed by atoms with Gasteiger partial charge in [0.05, 0.1) is 5.92 Å². The number of nitrogens with one attached hydrogen (secondary N) is 1. The van der Waals surface area contributed by atoms with E-state index >= 15 is 0 Å². The van der Waals surface area contributed by atoms with Gasteiger partial charge < -0.3 is 20.9 Å². The third kappa shape index (κ3) is 4.47. The molecule has 0 spiro atoms. The Morgan fingerprint density at radius 2 is 1.92 bits per heavy atom. The van der Waals surface area contributed by atoms with Gasteiger partial charge in [0.2, 0.25) is 17.7 Å². The van der Waals surface area contributed by atoms with Gasteiger partial charge in [-0.05, 0) is 32.1 Å². The first-order valence-corrected chi connectivity index (χ1v) is 9.14. The third-order valence-electron chi connectivity index (χ3n) is 4.87. The minimum Gasteiger partial charge on any atom is -0.355 e. The summed E-state index contributed by atoms with van der Waals surface area (Å²) in [6, 6.07) is -0.338. The zero-order valence-electron chi connectivity index (χ0n) is 14.6. The molecule has 0 aromatic carbocycles. The molecule has 2 saturated heterocycles. The van der Waals surface area contributed by atoms with Gasteiger partial charge in [0.25, 0.3) is 0 Å². The minimum atomic E-state index is -0.338. The van der Waals surface area contributed by atoms with E-state index in [2.05, 4.69) is 5.32 Å². The number of carbonyl (C=O) groups excluding carboxylic acids is 3. The van der Waals surface area contributed by atoms with Crippen molar-refractivity contribution in [2.75, 3.05) is 32.7 Å². The average molecular weight is 338 g/mol. The van der Waals surface area contributed by atoms with E-state index in [1.165, 1.54) is 0 Å².